The molecule has 0 saturated heterocycles. The molecule has 0 atom stereocenters. The van der Waals surface area contributed by atoms with Crippen molar-refractivity contribution in [2.75, 3.05) is 19.0 Å². The van der Waals surface area contributed by atoms with Crippen LogP contribution in [0.2, 0.25) is 0 Å². The van der Waals surface area contributed by atoms with Gasteiger partial charge in [0.05, 0.1) is 19.2 Å². The average Bonchev–Trinajstić information content (AvgIpc) is 2.98. The molecule has 0 amide bonds. The number of aromatic nitrogens is 1. The zero-order valence-corrected chi connectivity index (χ0v) is 11.8. The Labute approximate surface area is 112 Å². The van der Waals surface area contributed by atoms with Crippen molar-refractivity contribution in [2.45, 2.75) is 39.0 Å². The van der Waals surface area contributed by atoms with Crippen molar-refractivity contribution in [1.82, 2.24) is 4.98 Å². The van der Waals surface area contributed by atoms with E-state index in [-0.39, 0.29) is 12.4 Å². The molecular formula is C13H20N2O2S. The molecular weight excluding hydrogens is 248 g/mol. The first kappa shape index (κ1) is 13.3. The molecule has 5 heteroatoms. The second-order valence-electron chi connectivity index (χ2n) is 5.00. The highest BCUT2D eigenvalue weighted by atomic mass is 32.1. The molecule has 1 heterocycles. The fourth-order valence-electron chi connectivity index (χ4n) is 2.17. The molecule has 0 aromatic carbocycles. The normalized spacial score (nSPS) is 16.3. The largest absolute Gasteiger partial charge is 0.469 e. The number of anilines is 1. The van der Waals surface area contributed by atoms with Crippen LogP contribution in [-0.2, 0) is 16.0 Å². The lowest BCUT2D eigenvalue weighted by Crippen LogP contribution is -2.15. The SMILES string of the molecule is CCCC1(CNc2nc(CC(=O)OC)cs2)CC1. The molecule has 0 aliphatic heterocycles. The lowest BCUT2D eigenvalue weighted by Gasteiger charge is -2.13. The maximum absolute atomic E-state index is 11.1. The number of rotatable bonds is 7. The van der Waals surface area contributed by atoms with Crippen molar-refractivity contribution < 1.29 is 9.53 Å². The van der Waals surface area contributed by atoms with Crippen molar-refractivity contribution in [3.8, 4) is 0 Å². The Morgan fingerprint density at radius 2 is 2.39 bits per heavy atom. The lowest BCUT2D eigenvalue weighted by atomic mass is 10.0. The first-order valence-electron chi connectivity index (χ1n) is 6.42. The van der Waals surface area contributed by atoms with Gasteiger partial charge in [-0.15, -0.1) is 11.3 Å². The molecule has 1 aliphatic rings. The van der Waals surface area contributed by atoms with Gasteiger partial charge < -0.3 is 10.1 Å². The highest BCUT2D eigenvalue weighted by Gasteiger charge is 2.41. The zero-order valence-electron chi connectivity index (χ0n) is 11.0. The fraction of sp³-hybridized carbons (Fsp3) is 0.692. The first-order valence-corrected chi connectivity index (χ1v) is 7.30. The Morgan fingerprint density at radius 1 is 1.61 bits per heavy atom. The van der Waals surface area contributed by atoms with E-state index < -0.39 is 0 Å². The van der Waals surface area contributed by atoms with Crippen LogP contribution in [0.25, 0.3) is 0 Å². The van der Waals surface area contributed by atoms with Crippen LogP contribution in [0.4, 0.5) is 5.13 Å². The third-order valence-electron chi connectivity index (χ3n) is 3.46. The summed E-state index contributed by atoms with van der Waals surface area (Å²) in [5.41, 5.74) is 1.30. The Morgan fingerprint density at radius 3 is 3.00 bits per heavy atom. The van der Waals surface area contributed by atoms with E-state index in [1.54, 1.807) is 11.3 Å². The van der Waals surface area contributed by atoms with E-state index in [0.29, 0.717) is 5.41 Å². The number of nitrogens with one attached hydrogen (secondary N) is 1. The van der Waals surface area contributed by atoms with Crippen LogP contribution < -0.4 is 5.32 Å². The molecule has 0 unspecified atom stereocenters. The number of esters is 1. The van der Waals surface area contributed by atoms with Crippen LogP contribution in [0.1, 0.15) is 38.3 Å². The summed E-state index contributed by atoms with van der Waals surface area (Å²) in [5.74, 6) is -0.239. The van der Waals surface area contributed by atoms with Gasteiger partial charge in [0, 0.05) is 11.9 Å². The summed E-state index contributed by atoms with van der Waals surface area (Å²) in [6.45, 7) is 3.24. The van der Waals surface area contributed by atoms with Crippen LogP contribution in [0, 0.1) is 5.41 Å². The Balaban J connectivity index is 1.82. The molecule has 0 bridgehead atoms. The monoisotopic (exact) mass is 268 g/mol. The molecule has 1 N–H and O–H groups in total. The highest BCUT2D eigenvalue weighted by molar-refractivity contribution is 7.13. The summed E-state index contributed by atoms with van der Waals surface area (Å²) in [5, 5.41) is 6.23. The third kappa shape index (κ3) is 3.45. The lowest BCUT2D eigenvalue weighted by molar-refractivity contribution is -0.139. The van der Waals surface area contributed by atoms with Gasteiger partial charge in [-0.2, -0.15) is 0 Å². The van der Waals surface area contributed by atoms with Gasteiger partial charge in [0.15, 0.2) is 5.13 Å². The standard InChI is InChI=1S/C13H20N2O2S/c1-3-4-13(5-6-13)9-14-12-15-10(8-18-12)7-11(16)17-2/h8H,3-7,9H2,1-2H3,(H,14,15). The molecule has 18 heavy (non-hydrogen) atoms. The van der Waals surface area contributed by atoms with Crippen molar-refractivity contribution in [2.24, 2.45) is 5.41 Å². The highest BCUT2D eigenvalue weighted by Crippen LogP contribution is 2.49. The van der Waals surface area contributed by atoms with Crippen LogP contribution in [0.3, 0.4) is 0 Å². The van der Waals surface area contributed by atoms with Crippen molar-refractivity contribution in [1.29, 1.82) is 0 Å². The van der Waals surface area contributed by atoms with Crippen LogP contribution in [0.5, 0.6) is 0 Å². The number of thiazole rings is 1. The van der Waals surface area contributed by atoms with Gasteiger partial charge >= 0.3 is 5.97 Å². The Bertz CT molecular complexity index is 413. The van der Waals surface area contributed by atoms with E-state index in [0.717, 1.165) is 17.4 Å². The minimum absolute atomic E-state index is 0.239. The quantitative estimate of drug-likeness (QED) is 0.773. The third-order valence-corrected chi connectivity index (χ3v) is 4.31. The number of hydrogen-bond acceptors (Lipinski definition) is 5. The van der Waals surface area contributed by atoms with Crippen molar-refractivity contribution >= 4 is 22.4 Å². The van der Waals surface area contributed by atoms with Gasteiger partial charge in [0.25, 0.3) is 0 Å². The predicted octanol–water partition coefficient (Wildman–Crippen LogP) is 2.85. The first-order chi connectivity index (χ1) is 8.67. The number of nitrogens with zero attached hydrogens (tertiary/aromatic N) is 1. The molecule has 0 radical (unpaired) electrons. The summed E-state index contributed by atoms with van der Waals surface area (Å²) >= 11 is 1.56. The van der Waals surface area contributed by atoms with Gasteiger partial charge in [-0.25, -0.2) is 4.98 Å². The second kappa shape index (κ2) is 5.69. The summed E-state index contributed by atoms with van der Waals surface area (Å²) in [4.78, 5) is 15.5. The minimum Gasteiger partial charge on any atom is -0.469 e. The van der Waals surface area contributed by atoms with E-state index in [4.69, 9.17) is 0 Å². The van der Waals surface area contributed by atoms with Gasteiger partial charge in [-0.05, 0) is 24.7 Å². The number of ether oxygens (including phenoxy) is 1. The molecule has 1 aromatic rings. The van der Waals surface area contributed by atoms with E-state index in [9.17, 15) is 4.79 Å². The fourth-order valence-corrected chi connectivity index (χ4v) is 2.88. The van der Waals surface area contributed by atoms with Crippen LogP contribution >= 0.6 is 11.3 Å². The maximum Gasteiger partial charge on any atom is 0.311 e. The van der Waals surface area contributed by atoms with Gasteiger partial charge in [-0.3, -0.25) is 4.79 Å². The molecule has 1 saturated carbocycles. The van der Waals surface area contributed by atoms with E-state index >= 15 is 0 Å². The summed E-state index contributed by atoms with van der Waals surface area (Å²) in [6, 6.07) is 0. The van der Waals surface area contributed by atoms with Gasteiger partial charge in [-0.1, -0.05) is 13.3 Å². The van der Waals surface area contributed by atoms with E-state index in [2.05, 4.69) is 22.0 Å². The van der Waals surface area contributed by atoms with Crippen LogP contribution in [-0.4, -0.2) is 24.6 Å². The van der Waals surface area contributed by atoms with Crippen molar-refractivity contribution in [3.63, 3.8) is 0 Å². The number of hydrogen-bond donors (Lipinski definition) is 1. The molecule has 0 spiro atoms. The van der Waals surface area contributed by atoms with Crippen molar-refractivity contribution in [3.05, 3.63) is 11.1 Å². The van der Waals surface area contributed by atoms with E-state index in [1.807, 2.05) is 5.38 Å². The van der Waals surface area contributed by atoms with Crippen LogP contribution in [0.15, 0.2) is 5.38 Å². The van der Waals surface area contributed by atoms with E-state index in [1.165, 1.54) is 32.8 Å². The number of methoxy groups -OCH3 is 1. The smallest absolute Gasteiger partial charge is 0.311 e. The van der Waals surface area contributed by atoms with Gasteiger partial charge in [0.2, 0.25) is 0 Å². The predicted molar refractivity (Wildman–Crippen MR) is 72.9 cm³/mol. The molecule has 2 rings (SSSR count). The Hall–Kier alpha value is -1.10. The molecule has 1 aromatic heterocycles. The zero-order chi connectivity index (χ0) is 13.0. The molecule has 1 fully saturated rings. The molecule has 100 valence electrons. The molecule has 4 nitrogen and oxygen atoms in total. The Kier molecular flexibility index (Phi) is 4.22. The average molecular weight is 268 g/mol. The topological polar surface area (TPSA) is 51.2 Å². The maximum atomic E-state index is 11.1. The van der Waals surface area contributed by atoms with Gasteiger partial charge in [0.1, 0.15) is 0 Å². The summed E-state index contributed by atoms with van der Waals surface area (Å²) < 4.78 is 4.62. The minimum atomic E-state index is -0.239. The summed E-state index contributed by atoms with van der Waals surface area (Å²) in [7, 11) is 1.40. The number of carbonyl (C=O) groups is 1. The molecule has 1 aliphatic carbocycles. The second-order valence-corrected chi connectivity index (χ2v) is 5.86. The number of carbonyl (C=O) groups excluding carboxylic acids is 1. The summed E-state index contributed by atoms with van der Waals surface area (Å²) in [6.07, 6.45) is 5.45.